The van der Waals surface area contributed by atoms with Gasteiger partial charge in [0, 0.05) is 5.02 Å². The van der Waals surface area contributed by atoms with Gasteiger partial charge in [-0.1, -0.05) is 23.2 Å². The second kappa shape index (κ2) is 4.13. The van der Waals surface area contributed by atoms with E-state index in [4.69, 9.17) is 28.9 Å². The van der Waals surface area contributed by atoms with Crippen molar-refractivity contribution in [2.24, 2.45) is 0 Å². The monoisotopic (exact) mass is 260 g/mol. The molecule has 86 valence electrons. The van der Waals surface area contributed by atoms with Gasteiger partial charge in [-0.15, -0.1) is 0 Å². The Hall–Kier alpha value is -0.970. The lowest BCUT2D eigenvalue weighted by atomic mass is 10.2. The summed E-state index contributed by atoms with van der Waals surface area (Å²) in [5.41, 5.74) is 6.53. The van der Waals surface area contributed by atoms with Gasteiger partial charge in [0.2, 0.25) is 5.91 Å². The van der Waals surface area contributed by atoms with Crippen LogP contribution >= 0.6 is 23.2 Å². The maximum atomic E-state index is 11.6. The first-order valence-electron chi connectivity index (χ1n) is 4.72. The van der Waals surface area contributed by atoms with Crippen LogP contribution in [-0.4, -0.2) is 23.7 Å². The molecule has 1 fully saturated rings. The SMILES string of the molecule is Nc1c(Cl)cc(Cl)cc1N1CC(O)CC1=O. The molecular formula is C10H10Cl2N2O2. The smallest absolute Gasteiger partial charge is 0.229 e. The third kappa shape index (κ3) is 1.96. The molecule has 1 aromatic rings. The molecule has 2 rings (SSSR count). The van der Waals surface area contributed by atoms with Crippen molar-refractivity contribution < 1.29 is 9.90 Å². The molecule has 4 nitrogen and oxygen atoms in total. The van der Waals surface area contributed by atoms with Crippen LogP contribution in [0.2, 0.25) is 10.0 Å². The van der Waals surface area contributed by atoms with Crippen molar-refractivity contribution in [1.82, 2.24) is 0 Å². The van der Waals surface area contributed by atoms with E-state index in [0.717, 1.165) is 0 Å². The van der Waals surface area contributed by atoms with Crippen LogP contribution < -0.4 is 10.6 Å². The molecule has 1 heterocycles. The van der Waals surface area contributed by atoms with E-state index in [-0.39, 0.29) is 18.9 Å². The number of nitrogens with zero attached hydrogens (tertiary/aromatic N) is 1. The fraction of sp³-hybridized carbons (Fsp3) is 0.300. The van der Waals surface area contributed by atoms with E-state index in [9.17, 15) is 9.90 Å². The van der Waals surface area contributed by atoms with Gasteiger partial charge in [0.05, 0.1) is 35.5 Å². The van der Waals surface area contributed by atoms with Crippen molar-refractivity contribution in [3.8, 4) is 0 Å². The maximum absolute atomic E-state index is 11.6. The molecule has 1 aliphatic heterocycles. The number of amides is 1. The molecule has 1 aliphatic rings. The molecular weight excluding hydrogens is 251 g/mol. The van der Waals surface area contributed by atoms with E-state index in [2.05, 4.69) is 0 Å². The summed E-state index contributed by atoms with van der Waals surface area (Å²) >= 11 is 11.7. The zero-order valence-corrected chi connectivity index (χ0v) is 9.79. The Morgan fingerprint density at radius 2 is 2.12 bits per heavy atom. The minimum Gasteiger partial charge on any atom is -0.396 e. The summed E-state index contributed by atoms with van der Waals surface area (Å²) in [6, 6.07) is 3.08. The van der Waals surface area contributed by atoms with Crippen molar-refractivity contribution in [3.05, 3.63) is 22.2 Å². The topological polar surface area (TPSA) is 66.6 Å². The number of β-amino-alcohol motifs (C(OH)–C–C–N with tert-alkyl or cyclic N) is 1. The van der Waals surface area contributed by atoms with E-state index in [0.29, 0.717) is 21.4 Å². The second-order valence-electron chi connectivity index (χ2n) is 3.68. The zero-order valence-electron chi connectivity index (χ0n) is 8.28. The highest BCUT2D eigenvalue weighted by Crippen LogP contribution is 2.35. The zero-order chi connectivity index (χ0) is 11.9. The molecule has 6 heteroatoms. The van der Waals surface area contributed by atoms with Crippen LogP contribution in [0.15, 0.2) is 12.1 Å². The molecule has 3 N–H and O–H groups in total. The summed E-state index contributed by atoms with van der Waals surface area (Å²) in [4.78, 5) is 13.0. The summed E-state index contributed by atoms with van der Waals surface area (Å²) in [5.74, 6) is -0.183. The third-order valence-electron chi connectivity index (χ3n) is 2.47. The highest BCUT2D eigenvalue weighted by molar-refractivity contribution is 6.37. The minimum absolute atomic E-state index is 0.101. The third-order valence-corrected chi connectivity index (χ3v) is 3.00. The molecule has 1 unspecified atom stereocenters. The van der Waals surface area contributed by atoms with Gasteiger partial charge < -0.3 is 15.7 Å². The Kier molecular flexibility index (Phi) is 2.97. The number of aliphatic hydroxyl groups is 1. The first-order valence-corrected chi connectivity index (χ1v) is 5.47. The fourth-order valence-corrected chi connectivity index (χ4v) is 2.20. The second-order valence-corrected chi connectivity index (χ2v) is 4.53. The molecule has 16 heavy (non-hydrogen) atoms. The van der Waals surface area contributed by atoms with Gasteiger partial charge >= 0.3 is 0 Å². The number of nitrogen functional groups attached to an aromatic ring is 1. The lowest BCUT2D eigenvalue weighted by Gasteiger charge is -2.19. The lowest BCUT2D eigenvalue weighted by molar-refractivity contribution is -0.117. The van der Waals surface area contributed by atoms with Gasteiger partial charge in [-0.05, 0) is 12.1 Å². The van der Waals surface area contributed by atoms with E-state index in [1.165, 1.54) is 11.0 Å². The molecule has 0 aromatic heterocycles. The van der Waals surface area contributed by atoms with Crippen molar-refractivity contribution in [2.75, 3.05) is 17.2 Å². The fourth-order valence-electron chi connectivity index (χ4n) is 1.72. The number of halogens is 2. The van der Waals surface area contributed by atoms with Gasteiger partial charge in [0.25, 0.3) is 0 Å². The number of aliphatic hydroxyl groups excluding tert-OH is 1. The average Bonchev–Trinajstić information content (AvgIpc) is 2.51. The van der Waals surface area contributed by atoms with Crippen LogP contribution in [0.25, 0.3) is 0 Å². The van der Waals surface area contributed by atoms with E-state index >= 15 is 0 Å². The van der Waals surface area contributed by atoms with Gasteiger partial charge in [0.1, 0.15) is 0 Å². The number of rotatable bonds is 1. The Balaban J connectivity index is 2.44. The highest BCUT2D eigenvalue weighted by atomic mass is 35.5. The number of carbonyl (C=O) groups excluding carboxylic acids is 1. The summed E-state index contributed by atoms with van der Waals surface area (Å²) in [7, 11) is 0. The minimum atomic E-state index is -0.662. The van der Waals surface area contributed by atoms with E-state index in [1.807, 2.05) is 0 Å². The normalized spacial score (nSPS) is 20.6. The number of anilines is 2. The largest absolute Gasteiger partial charge is 0.396 e. The van der Waals surface area contributed by atoms with Gasteiger partial charge in [0.15, 0.2) is 0 Å². The Bertz CT molecular complexity index is 451. The Labute approximate surface area is 103 Å². The number of nitrogens with two attached hydrogens (primary N) is 1. The van der Waals surface area contributed by atoms with Crippen molar-refractivity contribution in [1.29, 1.82) is 0 Å². The summed E-state index contributed by atoms with van der Waals surface area (Å²) in [6.45, 7) is 0.222. The van der Waals surface area contributed by atoms with Crippen molar-refractivity contribution >= 4 is 40.5 Å². The first-order chi connectivity index (χ1) is 7.49. The molecule has 0 spiro atoms. The predicted octanol–water partition coefficient (Wildman–Crippen LogP) is 1.67. The molecule has 1 atom stereocenters. The van der Waals surface area contributed by atoms with E-state index in [1.54, 1.807) is 6.07 Å². The van der Waals surface area contributed by atoms with Crippen LogP contribution in [0.3, 0.4) is 0 Å². The highest BCUT2D eigenvalue weighted by Gasteiger charge is 2.30. The molecule has 0 saturated carbocycles. The first kappa shape index (κ1) is 11.5. The van der Waals surface area contributed by atoms with Gasteiger partial charge in [-0.3, -0.25) is 4.79 Å². The van der Waals surface area contributed by atoms with Crippen LogP contribution in [0.1, 0.15) is 6.42 Å². The summed E-state index contributed by atoms with van der Waals surface area (Å²) in [5, 5.41) is 10.1. The maximum Gasteiger partial charge on any atom is 0.229 e. The van der Waals surface area contributed by atoms with Crippen LogP contribution in [0.5, 0.6) is 0 Å². The number of carbonyl (C=O) groups is 1. The number of benzene rings is 1. The van der Waals surface area contributed by atoms with Crippen LogP contribution in [0, 0.1) is 0 Å². The van der Waals surface area contributed by atoms with Crippen LogP contribution in [-0.2, 0) is 4.79 Å². The standard InChI is InChI=1S/C10H10Cl2N2O2/c11-5-1-7(12)10(13)8(2-5)14-4-6(15)3-9(14)16/h1-2,6,15H,3-4,13H2. The van der Waals surface area contributed by atoms with Gasteiger partial charge in [-0.25, -0.2) is 0 Å². The number of hydrogen-bond donors (Lipinski definition) is 2. The van der Waals surface area contributed by atoms with Crippen molar-refractivity contribution in [2.45, 2.75) is 12.5 Å². The molecule has 0 bridgehead atoms. The Morgan fingerprint density at radius 3 is 2.69 bits per heavy atom. The summed E-state index contributed by atoms with van der Waals surface area (Å²) < 4.78 is 0. The molecule has 0 aliphatic carbocycles. The molecule has 1 aromatic carbocycles. The predicted molar refractivity (Wildman–Crippen MR) is 63.9 cm³/mol. The van der Waals surface area contributed by atoms with E-state index < -0.39 is 6.10 Å². The average molecular weight is 261 g/mol. The summed E-state index contributed by atoms with van der Waals surface area (Å²) in [6.07, 6.45) is -0.562. The quantitative estimate of drug-likeness (QED) is 0.756. The van der Waals surface area contributed by atoms with Crippen LogP contribution in [0.4, 0.5) is 11.4 Å². The molecule has 0 radical (unpaired) electrons. The van der Waals surface area contributed by atoms with Crippen molar-refractivity contribution in [3.63, 3.8) is 0 Å². The lowest BCUT2D eigenvalue weighted by Crippen LogP contribution is -2.26. The number of hydrogen-bond acceptors (Lipinski definition) is 3. The van der Waals surface area contributed by atoms with Gasteiger partial charge in [-0.2, -0.15) is 0 Å². The Morgan fingerprint density at radius 1 is 1.44 bits per heavy atom. The molecule has 1 amide bonds. The molecule has 1 saturated heterocycles.